The fourth-order valence-electron chi connectivity index (χ4n) is 4.54. The molecule has 0 unspecified atom stereocenters. The van der Waals surface area contributed by atoms with E-state index in [1.807, 2.05) is 93.0 Å². The molecule has 9 heteroatoms. The maximum absolute atomic E-state index is 4.48. The van der Waals surface area contributed by atoms with Crippen molar-refractivity contribution in [3.8, 4) is 22.5 Å². The van der Waals surface area contributed by atoms with E-state index in [0.717, 1.165) is 52.7 Å². The van der Waals surface area contributed by atoms with Gasteiger partial charge in [-0.15, -0.1) is 47.5 Å². The van der Waals surface area contributed by atoms with E-state index in [2.05, 4.69) is 90.7 Å². The van der Waals surface area contributed by atoms with Gasteiger partial charge >= 0.3 is 21.1 Å². The zero-order chi connectivity index (χ0) is 30.8. The second-order valence-corrected chi connectivity index (χ2v) is 11.0. The summed E-state index contributed by atoms with van der Waals surface area (Å²) < 4.78 is 0. The first kappa shape index (κ1) is 35.7. The molecule has 8 nitrogen and oxygen atoms in total. The minimum Gasteiger partial charge on any atom is -0.416 e. The van der Waals surface area contributed by atoms with Crippen molar-refractivity contribution in [3.63, 3.8) is 0 Å². The fraction of sp³-hybridized carbons (Fsp3) is 0.353. The van der Waals surface area contributed by atoms with Crippen molar-refractivity contribution in [3.05, 3.63) is 84.2 Å². The van der Waals surface area contributed by atoms with Crippen LogP contribution in [0.4, 0.5) is 22.7 Å². The summed E-state index contributed by atoms with van der Waals surface area (Å²) in [5.41, 5.74) is 11.0. The predicted octanol–water partition coefficient (Wildman–Crippen LogP) is 4.80. The molecule has 232 valence electrons. The standard InChI is InChI=1S/2C17H23N4.Pt/c1-19(2)14-9-10-18-15(12-14)13-7-8-16(20(3)4)17(11-13)21(5)6;1-18-11-13-7-8-20-16(9-13)14-5-6-17(21(3)4)15(10-14)12-19-2;/h8-12H,1-6H3;6-10,18-19H,11-12H2,1-4H3;/q2*-1;+2. The van der Waals surface area contributed by atoms with Crippen molar-refractivity contribution >= 4 is 22.7 Å². The van der Waals surface area contributed by atoms with Gasteiger partial charge in [-0.1, -0.05) is 17.7 Å². The van der Waals surface area contributed by atoms with Crippen LogP contribution in [0.25, 0.3) is 22.5 Å². The first-order valence-corrected chi connectivity index (χ1v) is 14.1. The number of hydrogen-bond donors (Lipinski definition) is 2. The molecular formula is C34H46N8Pt. The molecule has 0 spiro atoms. The molecule has 2 aromatic carbocycles. The fourth-order valence-corrected chi connectivity index (χ4v) is 4.54. The Hall–Kier alpha value is -3.45. The van der Waals surface area contributed by atoms with Gasteiger partial charge in [0.1, 0.15) is 0 Å². The van der Waals surface area contributed by atoms with Crippen LogP contribution in [0.5, 0.6) is 0 Å². The van der Waals surface area contributed by atoms with Gasteiger partial charge in [0.25, 0.3) is 0 Å². The predicted molar refractivity (Wildman–Crippen MR) is 180 cm³/mol. The topological polar surface area (TPSA) is 62.8 Å². The molecule has 0 bridgehead atoms. The normalized spacial score (nSPS) is 10.3. The van der Waals surface area contributed by atoms with Crippen molar-refractivity contribution in [2.75, 3.05) is 90.1 Å². The first-order valence-electron chi connectivity index (χ1n) is 14.1. The second-order valence-electron chi connectivity index (χ2n) is 11.0. The second kappa shape index (κ2) is 17.0. The maximum Gasteiger partial charge on any atom is 2.00 e. The van der Waals surface area contributed by atoms with Gasteiger partial charge in [-0.05, 0) is 88.4 Å². The summed E-state index contributed by atoms with van der Waals surface area (Å²) >= 11 is 0. The smallest absolute Gasteiger partial charge is 0.416 e. The molecule has 4 rings (SSSR count). The molecule has 0 fully saturated rings. The molecule has 2 heterocycles. The minimum atomic E-state index is 0. The van der Waals surface area contributed by atoms with E-state index in [9.17, 15) is 0 Å². The summed E-state index contributed by atoms with van der Waals surface area (Å²) in [6.45, 7) is 1.67. The third kappa shape index (κ3) is 9.78. The molecule has 43 heavy (non-hydrogen) atoms. The Labute approximate surface area is 273 Å². The largest absolute Gasteiger partial charge is 2.00 e. The van der Waals surface area contributed by atoms with Gasteiger partial charge in [-0.3, -0.25) is 0 Å². The number of aromatic nitrogens is 2. The van der Waals surface area contributed by atoms with Gasteiger partial charge in [-0.25, -0.2) is 0 Å². The molecule has 0 aliphatic carbocycles. The summed E-state index contributed by atoms with van der Waals surface area (Å²) in [5.74, 6) is 0. The van der Waals surface area contributed by atoms with Gasteiger partial charge in [0.15, 0.2) is 0 Å². The number of nitrogens with zero attached hydrogens (tertiary/aromatic N) is 6. The van der Waals surface area contributed by atoms with Crippen molar-refractivity contribution in [1.29, 1.82) is 0 Å². The van der Waals surface area contributed by atoms with Crippen LogP contribution in [0.15, 0.2) is 60.9 Å². The molecule has 0 radical (unpaired) electrons. The maximum atomic E-state index is 4.48. The number of benzene rings is 2. The van der Waals surface area contributed by atoms with Crippen LogP contribution in [0.2, 0.25) is 0 Å². The number of nitrogens with one attached hydrogen (secondary N) is 2. The van der Waals surface area contributed by atoms with Crippen LogP contribution < -0.4 is 30.2 Å². The van der Waals surface area contributed by atoms with Gasteiger partial charge < -0.3 is 40.2 Å². The minimum absolute atomic E-state index is 0. The van der Waals surface area contributed by atoms with Crippen LogP contribution in [-0.2, 0) is 34.2 Å². The molecule has 0 saturated heterocycles. The van der Waals surface area contributed by atoms with E-state index in [-0.39, 0.29) is 21.1 Å². The van der Waals surface area contributed by atoms with E-state index < -0.39 is 0 Å². The first-order chi connectivity index (χ1) is 20.0. The van der Waals surface area contributed by atoms with Crippen LogP contribution in [0.1, 0.15) is 11.1 Å². The monoisotopic (exact) mass is 761 g/mol. The summed E-state index contributed by atoms with van der Waals surface area (Å²) in [5, 5.41) is 6.38. The molecule has 0 aliphatic heterocycles. The summed E-state index contributed by atoms with van der Waals surface area (Å²) in [6, 6.07) is 23.3. The average molecular weight is 762 g/mol. The molecule has 0 aliphatic rings. The summed E-state index contributed by atoms with van der Waals surface area (Å²) in [4.78, 5) is 17.3. The third-order valence-electron chi connectivity index (χ3n) is 6.75. The molecule has 4 aromatic rings. The Balaban J connectivity index is 0.000000293. The third-order valence-corrected chi connectivity index (χ3v) is 6.75. The van der Waals surface area contributed by atoms with E-state index in [1.54, 1.807) is 0 Å². The zero-order valence-corrected chi connectivity index (χ0v) is 29.5. The number of pyridine rings is 2. The Morgan fingerprint density at radius 2 is 1.14 bits per heavy atom. The van der Waals surface area contributed by atoms with Gasteiger partial charge in [0.2, 0.25) is 0 Å². The quantitative estimate of drug-likeness (QED) is 0.224. The van der Waals surface area contributed by atoms with Gasteiger partial charge in [-0.2, -0.15) is 0 Å². The zero-order valence-electron chi connectivity index (χ0n) is 27.2. The van der Waals surface area contributed by atoms with Gasteiger partial charge in [0, 0.05) is 59.4 Å². The Bertz CT molecular complexity index is 1440. The Morgan fingerprint density at radius 3 is 1.70 bits per heavy atom. The van der Waals surface area contributed by atoms with Crippen molar-refractivity contribution in [2.24, 2.45) is 0 Å². The van der Waals surface area contributed by atoms with Crippen LogP contribution >= 0.6 is 0 Å². The molecule has 2 aromatic heterocycles. The molecule has 0 atom stereocenters. The number of rotatable bonds is 10. The van der Waals surface area contributed by atoms with E-state index >= 15 is 0 Å². The van der Waals surface area contributed by atoms with E-state index in [0.29, 0.717) is 0 Å². The SMILES string of the molecule is CN(C)c1ccnc(-c2[c-]cc(N(C)C)c(N(C)C)c2)c1.CNCc1ccnc(-c2[c-]cc(N(C)C)c(CNC)c2)c1.[Pt+2]. The van der Waals surface area contributed by atoms with Gasteiger partial charge in [0.05, 0.1) is 0 Å². The number of hydrogen-bond acceptors (Lipinski definition) is 8. The van der Waals surface area contributed by atoms with Crippen LogP contribution in [0.3, 0.4) is 0 Å². The summed E-state index contributed by atoms with van der Waals surface area (Å²) in [6.07, 6.45) is 3.70. The van der Waals surface area contributed by atoms with Crippen molar-refractivity contribution < 1.29 is 21.1 Å². The van der Waals surface area contributed by atoms with E-state index in [4.69, 9.17) is 0 Å². The average Bonchev–Trinajstić information content (AvgIpc) is 2.97. The van der Waals surface area contributed by atoms with Crippen molar-refractivity contribution in [1.82, 2.24) is 20.6 Å². The molecule has 0 saturated carbocycles. The Kier molecular flexibility index (Phi) is 14.1. The Morgan fingerprint density at radius 1 is 0.605 bits per heavy atom. The van der Waals surface area contributed by atoms with Crippen LogP contribution in [-0.4, -0.2) is 80.4 Å². The van der Waals surface area contributed by atoms with E-state index in [1.165, 1.54) is 16.8 Å². The molecular weight excluding hydrogens is 716 g/mol. The summed E-state index contributed by atoms with van der Waals surface area (Å²) in [7, 11) is 20.3. The molecule has 2 N–H and O–H groups in total. The van der Waals surface area contributed by atoms with Crippen molar-refractivity contribution in [2.45, 2.75) is 13.1 Å². The molecule has 0 amide bonds. The number of anilines is 4. The van der Waals surface area contributed by atoms with Crippen LogP contribution in [0, 0.1) is 12.1 Å².